The van der Waals surface area contributed by atoms with Crippen LogP contribution in [-0.4, -0.2) is 30.6 Å². The quantitative estimate of drug-likeness (QED) is 0.812. The van der Waals surface area contributed by atoms with Gasteiger partial charge in [-0.05, 0) is 43.5 Å². The third-order valence-corrected chi connectivity index (χ3v) is 3.86. The van der Waals surface area contributed by atoms with Gasteiger partial charge < -0.3 is 14.7 Å². The van der Waals surface area contributed by atoms with Gasteiger partial charge in [-0.2, -0.15) is 0 Å². The van der Waals surface area contributed by atoms with Crippen molar-refractivity contribution in [3.63, 3.8) is 0 Å². The van der Waals surface area contributed by atoms with Crippen molar-refractivity contribution in [2.24, 2.45) is 4.99 Å². The molecule has 1 aliphatic heterocycles. The lowest BCUT2D eigenvalue weighted by atomic mass is 10.1. The van der Waals surface area contributed by atoms with E-state index in [1.54, 1.807) is 7.11 Å². The predicted molar refractivity (Wildman–Crippen MR) is 92.4 cm³/mol. The van der Waals surface area contributed by atoms with E-state index in [1.165, 1.54) is 6.08 Å². The number of ether oxygens (including phenoxy) is 1. The number of hydrogen-bond acceptors (Lipinski definition) is 3. The first-order valence-electron chi connectivity index (χ1n) is 7.98. The van der Waals surface area contributed by atoms with Crippen LogP contribution in [0.4, 0.5) is 5.69 Å². The van der Waals surface area contributed by atoms with E-state index in [0.29, 0.717) is 12.1 Å². The van der Waals surface area contributed by atoms with Crippen LogP contribution in [0.3, 0.4) is 0 Å². The van der Waals surface area contributed by atoms with E-state index in [9.17, 15) is 4.79 Å². The predicted octanol–water partition coefficient (Wildman–Crippen LogP) is 3.77. The molecule has 0 spiro atoms. The minimum Gasteiger partial charge on any atom is -0.497 e. The van der Waals surface area contributed by atoms with Crippen molar-refractivity contribution < 1.29 is 14.6 Å². The monoisotopic (exact) mass is 316 g/mol. The lowest BCUT2D eigenvalue weighted by Crippen LogP contribution is -2.25. The number of amidine groups is 1. The van der Waals surface area contributed by atoms with Gasteiger partial charge in [0, 0.05) is 30.4 Å². The van der Waals surface area contributed by atoms with E-state index < -0.39 is 5.97 Å². The number of nitrogens with zero attached hydrogens (tertiary/aromatic N) is 2. The van der Waals surface area contributed by atoms with Gasteiger partial charge in [0.2, 0.25) is 0 Å². The summed E-state index contributed by atoms with van der Waals surface area (Å²) in [6.45, 7) is 4.97. The highest BCUT2D eigenvalue weighted by atomic mass is 16.5. The van der Waals surface area contributed by atoms with Crippen LogP contribution in [0.15, 0.2) is 35.0 Å². The van der Waals surface area contributed by atoms with Gasteiger partial charge in [-0.25, -0.2) is 9.79 Å². The molecule has 5 nitrogen and oxygen atoms in total. The normalized spacial score (nSPS) is 16.9. The minimum atomic E-state index is -0.942. The molecule has 124 valence electrons. The molecule has 1 aliphatic rings. The van der Waals surface area contributed by atoms with Gasteiger partial charge in [0.15, 0.2) is 0 Å². The van der Waals surface area contributed by atoms with Crippen molar-refractivity contribution in [1.29, 1.82) is 0 Å². The highest BCUT2D eigenvalue weighted by Crippen LogP contribution is 2.29. The zero-order valence-electron chi connectivity index (χ0n) is 14.0. The molecule has 1 aromatic carbocycles. The summed E-state index contributed by atoms with van der Waals surface area (Å²) in [6, 6.07) is 5.99. The smallest absolute Gasteiger partial charge is 0.330 e. The number of benzene rings is 1. The molecular formula is C18H24N2O3. The van der Waals surface area contributed by atoms with Crippen molar-refractivity contribution >= 4 is 17.5 Å². The topological polar surface area (TPSA) is 62.1 Å². The van der Waals surface area contributed by atoms with Crippen LogP contribution in [0.1, 0.15) is 38.2 Å². The average Bonchev–Trinajstić information content (AvgIpc) is 2.94. The number of methoxy groups -OCH3 is 1. The van der Waals surface area contributed by atoms with E-state index in [-0.39, 0.29) is 0 Å². The molecule has 0 unspecified atom stereocenters. The Balaban J connectivity index is 2.32. The molecule has 1 saturated heterocycles. The summed E-state index contributed by atoms with van der Waals surface area (Å²) in [7, 11) is 1.66. The zero-order valence-corrected chi connectivity index (χ0v) is 14.0. The van der Waals surface area contributed by atoms with Crippen LogP contribution in [-0.2, 0) is 4.79 Å². The molecule has 0 radical (unpaired) electrons. The van der Waals surface area contributed by atoms with E-state index in [0.717, 1.165) is 48.6 Å². The number of allylic oxidation sites excluding steroid dienone is 1. The second-order valence-corrected chi connectivity index (χ2v) is 5.66. The first kappa shape index (κ1) is 17.1. The maximum atomic E-state index is 11.0. The molecule has 1 N–H and O–H groups in total. The highest BCUT2D eigenvalue weighted by molar-refractivity contribution is 6.01. The Morgan fingerprint density at radius 2 is 2.26 bits per heavy atom. The van der Waals surface area contributed by atoms with Gasteiger partial charge in [0.25, 0.3) is 0 Å². The summed E-state index contributed by atoms with van der Waals surface area (Å²) in [5.74, 6) is 0.837. The Morgan fingerprint density at radius 1 is 1.48 bits per heavy atom. The Morgan fingerprint density at radius 3 is 2.87 bits per heavy atom. The van der Waals surface area contributed by atoms with Crippen molar-refractivity contribution in [2.45, 2.75) is 39.5 Å². The third-order valence-electron chi connectivity index (χ3n) is 3.86. The molecule has 0 atom stereocenters. The lowest BCUT2D eigenvalue weighted by molar-refractivity contribution is -0.131. The minimum absolute atomic E-state index is 0.632. The van der Waals surface area contributed by atoms with Crippen LogP contribution in [0, 0.1) is 6.92 Å². The molecule has 1 heterocycles. The maximum absolute atomic E-state index is 11.0. The van der Waals surface area contributed by atoms with Crippen LogP contribution in [0.5, 0.6) is 5.75 Å². The summed E-state index contributed by atoms with van der Waals surface area (Å²) in [4.78, 5) is 17.8. The van der Waals surface area contributed by atoms with Crippen molar-refractivity contribution in [3.8, 4) is 5.75 Å². The molecule has 2 rings (SSSR count). The molecule has 0 saturated carbocycles. The van der Waals surface area contributed by atoms with Crippen LogP contribution in [0.2, 0.25) is 0 Å². The average molecular weight is 316 g/mol. The number of anilines is 1. The largest absolute Gasteiger partial charge is 0.497 e. The fourth-order valence-electron chi connectivity index (χ4n) is 2.82. The molecule has 0 bridgehead atoms. The first-order chi connectivity index (χ1) is 11.0. The Kier molecular flexibility index (Phi) is 5.79. The van der Waals surface area contributed by atoms with Gasteiger partial charge >= 0.3 is 5.97 Å². The van der Waals surface area contributed by atoms with Gasteiger partial charge in [0.1, 0.15) is 11.6 Å². The summed E-state index contributed by atoms with van der Waals surface area (Å²) in [5, 5.41) is 9.00. The standard InChI is InChI=1S/C18H24N2O3/c1-4-6-14(12-18(21)22)19-17-7-5-10-20(17)16-9-8-15(23-3)11-13(16)2/h8-9,11-12H,4-7,10H2,1-3H3,(H,21,22). The van der Waals surface area contributed by atoms with Gasteiger partial charge in [0.05, 0.1) is 7.11 Å². The fourth-order valence-corrected chi connectivity index (χ4v) is 2.82. The lowest BCUT2D eigenvalue weighted by Gasteiger charge is -2.22. The van der Waals surface area contributed by atoms with E-state index in [1.807, 2.05) is 32.0 Å². The van der Waals surface area contributed by atoms with Crippen molar-refractivity contribution in [1.82, 2.24) is 0 Å². The molecule has 1 aromatic rings. The summed E-state index contributed by atoms with van der Waals surface area (Å²) < 4.78 is 5.26. The third kappa shape index (κ3) is 4.34. The molecule has 0 aromatic heterocycles. The number of aryl methyl sites for hydroxylation is 1. The van der Waals surface area contributed by atoms with Crippen LogP contribution < -0.4 is 9.64 Å². The zero-order chi connectivity index (χ0) is 16.8. The van der Waals surface area contributed by atoms with E-state index >= 15 is 0 Å². The Bertz CT molecular complexity index is 635. The van der Waals surface area contributed by atoms with E-state index in [2.05, 4.69) is 9.89 Å². The highest BCUT2D eigenvalue weighted by Gasteiger charge is 2.22. The fraction of sp³-hybridized carbons (Fsp3) is 0.444. The van der Waals surface area contributed by atoms with Crippen molar-refractivity contribution in [2.75, 3.05) is 18.6 Å². The Hall–Kier alpha value is -2.30. The summed E-state index contributed by atoms with van der Waals surface area (Å²) in [5.41, 5.74) is 2.86. The SMILES string of the molecule is CCCC(=CC(=O)O)N=C1CCCN1c1ccc(OC)cc1C. The molecule has 0 aliphatic carbocycles. The molecule has 0 amide bonds. The number of carbonyl (C=O) groups is 1. The molecule has 5 heteroatoms. The van der Waals surface area contributed by atoms with Crippen LogP contribution >= 0.6 is 0 Å². The molecule has 23 heavy (non-hydrogen) atoms. The van der Waals surface area contributed by atoms with Crippen LogP contribution in [0.25, 0.3) is 0 Å². The second kappa shape index (κ2) is 7.81. The molecule has 1 fully saturated rings. The molecular weight excluding hydrogens is 292 g/mol. The van der Waals surface area contributed by atoms with Gasteiger partial charge in [-0.1, -0.05) is 13.3 Å². The van der Waals surface area contributed by atoms with E-state index in [4.69, 9.17) is 9.84 Å². The number of aliphatic imine (C=N–C) groups is 1. The number of carboxylic acid groups (broad SMARTS) is 1. The van der Waals surface area contributed by atoms with Crippen molar-refractivity contribution in [3.05, 3.63) is 35.5 Å². The summed E-state index contributed by atoms with van der Waals surface area (Å²) >= 11 is 0. The Labute approximate surface area is 137 Å². The first-order valence-corrected chi connectivity index (χ1v) is 7.98. The number of rotatable bonds is 6. The summed E-state index contributed by atoms with van der Waals surface area (Å²) in [6.07, 6.45) is 4.65. The second-order valence-electron chi connectivity index (χ2n) is 5.66. The maximum Gasteiger partial charge on any atom is 0.330 e. The number of carboxylic acids is 1. The van der Waals surface area contributed by atoms with Gasteiger partial charge in [-0.3, -0.25) is 0 Å². The van der Waals surface area contributed by atoms with Gasteiger partial charge in [-0.15, -0.1) is 0 Å². The number of hydrogen-bond donors (Lipinski definition) is 1. The number of aliphatic carboxylic acids is 1.